The molecule has 1 unspecified atom stereocenters. The standard InChI is InChI=1S/C7H13F3N2O3S/c1-4(2)16(14,15)12-5(13)6(3,11)7(8,9)10/h4H,11H2,1-3H3,(H,12,13). The molecule has 9 heteroatoms. The van der Waals surface area contributed by atoms with Crippen molar-refractivity contribution >= 4 is 15.9 Å². The summed E-state index contributed by atoms with van der Waals surface area (Å²) in [5.41, 5.74) is 1.50. The van der Waals surface area contributed by atoms with Crippen LogP contribution in [-0.4, -0.2) is 31.3 Å². The average Bonchev–Trinajstić information content (AvgIpc) is 2.00. The summed E-state index contributed by atoms with van der Waals surface area (Å²) >= 11 is 0. The summed E-state index contributed by atoms with van der Waals surface area (Å²) in [4.78, 5) is 11.1. The molecule has 3 N–H and O–H groups in total. The van der Waals surface area contributed by atoms with Gasteiger partial charge in [-0.3, -0.25) is 9.52 Å². The molecule has 0 fully saturated rings. The normalized spacial score (nSPS) is 17.0. The molecule has 0 aromatic heterocycles. The summed E-state index contributed by atoms with van der Waals surface area (Å²) in [5, 5.41) is -1.03. The number of hydrogen-bond acceptors (Lipinski definition) is 4. The molecule has 0 rings (SSSR count). The lowest BCUT2D eigenvalue weighted by Crippen LogP contribution is -2.62. The quantitative estimate of drug-likeness (QED) is 0.756. The zero-order chi connectivity index (χ0) is 13.4. The molecule has 0 aliphatic carbocycles. The highest BCUT2D eigenvalue weighted by molar-refractivity contribution is 7.90. The van der Waals surface area contributed by atoms with Gasteiger partial charge in [-0.1, -0.05) is 0 Å². The van der Waals surface area contributed by atoms with E-state index in [0.717, 1.165) is 0 Å². The molecule has 0 radical (unpaired) electrons. The maximum absolute atomic E-state index is 12.3. The number of carbonyl (C=O) groups excluding carboxylic acids is 1. The number of nitrogens with two attached hydrogens (primary N) is 1. The summed E-state index contributed by atoms with van der Waals surface area (Å²) in [5.74, 6) is -1.80. The first-order valence-corrected chi connectivity index (χ1v) is 5.78. The van der Waals surface area contributed by atoms with E-state index in [1.807, 2.05) is 0 Å². The van der Waals surface area contributed by atoms with Crippen LogP contribution >= 0.6 is 0 Å². The third kappa shape index (κ3) is 3.08. The minimum absolute atomic E-state index is 0.401. The second kappa shape index (κ2) is 4.21. The summed E-state index contributed by atoms with van der Waals surface area (Å²) in [6.07, 6.45) is -5.02. The molecule has 0 aromatic rings. The number of halogens is 3. The fourth-order valence-electron chi connectivity index (χ4n) is 0.482. The Morgan fingerprint density at radius 1 is 1.31 bits per heavy atom. The molecule has 0 saturated heterocycles. The molecule has 0 aliphatic rings. The Morgan fingerprint density at radius 3 is 1.94 bits per heavy atom. The number of carbonyl (C=O) groups is 1. The Hall–Kier alpha value is -0.830. The lowest BCUT2D eigenvalue weighted by molar-refractivity contribution is -0.186. The van der Waals surface area contributed by atoms with Crippen LogP contribution in [0.5, 0.6) is 0 Å². The van der Waals surface area contributed by atoms with Crippen LogP contribution in [0.15, 0.2) is 0 Å². The average molecular weight is 262 g/mol. The van der Waals surface area contributed by atoms with Crippen LogP contribution in [0.2, 0.25) is 0 Å². The van der Waals surface area contributed by atoms with Gasteiger partial charge in [0, 0.05) is 0 Å². The number of nitrogens with one attached hydrogen (secondary N) is 1. The molecule has 0 aromatic carbocycles. The van der Waals surface area contributed by atoms with E-state index in [2.05, 4.69) is 0 Å². The monoisotopic (exact) mass is 262 g/mol. The molecule has 16 heavy (non-hydrogen) atoms. The molecule has 1 atom stereocenters. The van der Waals surface area contributed by atoms with E-state index in [0.29, 0.717) is 6.92 Å². The van der Waals surface area contributed by atoms with Crippen molar-refractivity contribution in [3.8, 4) is 0 Å². The summed E-state index contributed by atoms with van der Waals surface area (Å²) in [6.45, 7) is 2.84. The van der Waals surface area contributed by atoms with E-state index < -0.39 is 32.9 Å². The molecular weight excluding hydrogens is 249 g/mol. The van der Waals surface area contributed by atoms with Crippen molar-refractivity contribution in [2.24, 2.45) is 5.73 Å². The molecular formula is C7H13F3N2O3S. The van der Waals surface area contributed by atoms with Gasteiger partial charge >= 0.3 is 6.18 Å². The number of hydrogen-bond donors (Lipinski definition) is 2. The highest BCUT2D eigenvalue weighted by atomic mass is 32.2. The first-order chi connectivity index (χ1) is 6.82. The highest BCUT2D eigenvalue weighted by Gasteiger charge is 2.54. The van der Waals surface area contributed by atoms with E-state index in [4.69, 9.17) is 5.73 Å². The van der Waals surface area contributed by atoms with Crippen molar-refractivity contribution < 1.29 is 26.4 Å². The molecule has 1 amide bonds. The van der Waals surface area contributed by atoms with Gasteiger partial charge in [0.25, 0.3) is 5.91 Å². The molecule has 5 nitrogen and oxygen atoms in total. The predicted molar refractivity (Wildman–Crippen MR) is 50.8 cm³/mol. The van der Waals surface area contributed by atoms with Gasteiger partial charge in [0.2, 0.25) is 10.0 Å². The van der Waals surface area contributed by atoms with Crippen LogP contribution in [0, 0.1) is 0 Å². The first kappa shape index (κ1) is 15.2. The Balaban J connectivity index is 5.01. The van der Waals surface area contributed by atoms with Crippen LogP contribution < -0.4 is 10.5 Å². The number of sulfonamides is 1. The van der Waals surface area contributed by atoms with Crippen LogP contribution in [0.4, 0.5) is 13.2 Å². The highest BCUT2D eigenvalue weighted by Crippen LogP contribution is 2.28. The maximum atomic E-state index is 12.3. The molecule has 0 heterocycles. The third-order valence-electron chi connectivity index (χ3n) is 1.92. The molecule has 0 saturated carbocycles. The van der Waals surface area contributed by atoms with E-state index in [-0.39, 0.29) is 0 Å². The van der Waals surface area contributed by atoms with Gasteiger partial charge in [-0.25, -0.2) is 8.42 Å². The van der Waals surface area contributed by atoms with Gasteiger partial charge in [-0.05, 0) is 20.8 Å². The zero-order valence-electron chi connectivity index (χ0n) is 8.92. The lowest BCUT2D eigenvalue weighted by Gasteiger charge is -2.26. The second-order valence-corrected chi connectivity index (χ2v) is 5.96. The predicted octanol–water partition coefficient (Wildman–Crippen LogP) is 0.120. The van der Waals surface area contributed by atoms with Crippen molar-refractivity contribution in [2.45, 2.75) is 37.7 Å². The number of amides is 1. The third-order valence-corrected chi connectivity index (χ3v) is 3.63. The fraction of sp³-hybridized carbons (Fsp3) is 0.857. The summed E-state index contributed by atoms with van der Waals surface area (Å²) in [6, 6.07) is 0. The van der Waals surface area contributed by atoms with Crippen LogP contribution in [0.1, 0.15) is 20.8 Å². The van der Waals surface area contributed by atoms with Crippen molar-refractivity contribution in [1.29, 1.82) is 0 Å². The van der Waals surface area contributed by atoms with Crippen LogP contribution in [0.25, 0.3) is 0 Å². The van der Waals surface area contributed by atoms with Crippen molar-refractivity contribution in [2.75, 3.05) is 0 Å². The first-order valence-electron chi connectivity index (χ1n) is 4.24. The van der Waals surface area contributed by atoms with Gasteiger partial charge in [0.15, 0.2) is 5.54 Å². The Morgan fingerprint density at radius 2 is 1.69 bits per heavy atom. The van der Waals surface area contributed by atoms with Crippen LogP contribution in [0.3, 0.4) is 0 Å². The van der Waals surface area contributed by atoms with Crippen LogP contribution in [-0.2, 0) is 14.8 Å². The van der Waals surface area contributed by atoms with E-state index in [1.54, 1.807) is 0 Å². The largest absolute Gasteiger partial charge is 0.415 e. The smallest absolute Gasteiger partial charge is 0.310 e. The van der Waals surface area contributed by atoms with Crippen molar-refractivity contribution in [3.63, 3.8) is 0 Å². The minimum Gasteiger partial charge on any atom is -0.310 e. The molecule has 0 aliphatic heterocycles. The van der Waals surface area contributed by atoms with E-state index in [9.17, 15) is 26.4 Å². The van der Waals surface area contributed by atoms with Crippen molar-refractivity contribution in [1.82, 2.24) is 4.72 Å². The minimum atomic E-state index is -5.02. The Kier molecular flexibility index (Phi) is 3.99. The van der Waals surface area contributed by atoms with E-state index >= 15 is 0 Å². The van der Waals surface area contributed by atoms with Gasteiger partial charge in [0.1, 0.15) is 0 Å². The maximum Gasteiger partial charge on any atom is 0.415 e. The van der Waals surface area contributed by atoms with E-state index in [1.165, 1.54) is 18.6 Å². The number of alkyl halides is 3. The molecule has 0 bridgehead atoms. The van der Waals surface area contributed by atoms with Crippen molar-refractivity contribution in [3.05, 3.63) is 0 Å². The fourth-order valence-corrected chi connectivity index (χ4v) is 1.19. The molecule has 0 spiro atoms. The van der Waals surface area contributed by atoms with Gasteiger partial charge < -0.3 is 5.73 Å². The molecule has 96 valence electrons. The van der Waals surface area contributed by atoms with Gasteiger partial charge in [-0.15, -0.1) is 0 Å². The number of rotatable bonds is 3. The lowest BCUT2D eigenvalue weighted by atomic mass is 10.0. The van der Waals surface area contributed by atoms with Gasteiger partial charge in [-0.2, -0.15) is 13.2 Å². The summed E-state index contributed by atoms with van der Waals surface area (Å²) < 4.78 is 60.4. The Bertz CT molecular complexity index is 373. The zero-order valence-corrected chi connectivity index (χ0v) is 9.74. The SMILES string of the molecule is CC(C)S(=O)(=O)NC(=O)C(C)(N)C(F)(F)F. The second-order valence-electron chi connectivity index (χ2n) is 3.73. The summed E-state index contributed by atoms with van der Waals surface area (Å²) in [7, 11) is -4.12. The Labute approximate surface area is 91.2 Å². The topological polar surface area (TPSA) is 89.3 Å². The van der Waals surface area contributed by atoms with Gasteiger partial charge in [0.05, 0.1) is 5.25 Å².